The summed E-state index contributed by atoms with van der Waals surface area (Å²) in [6.07, 6.45) is 3.60. The van der Waals surface area contributed by atoms with Gasteiger partial charge in [-0.2, -0.15) is 0 Å². The standard InChI is InChI=1S/C10H18N4S/c1-3-6-14-9(11-12-10(14)15)13-7-4-5-8(13)2/h8H,3-7H2,1-2H3,(H,12,15). The first-order valence-electron chi connectivity index (χ1n) is 5.66. The van der Waals surface area contributed by atoms with Gasteiger partial charge in [-0.05, 0) is 38.4 Å². The summed E-state index contributed by atoms with van der Waals surface area (Å²) in [4.78, 5) is 2.35. The predicted octanol–water partition coefficient (Wildman–Crippen LogP) is 2.34. The Bertz CT molecular complexity index is 381. The summed E-state index contributed by atoms with van der Waals surface area (Å²) in [5.41, 5.74) is 0. The van der Waals surface area contributed by atoms with E-state index in [9.17, 15) is 0 Å². The van der Waals surface area contributed by atoms with Gasteiger partial charge < -0.3 is 4.90 Å². The quantitative estimate of drug-likeness (QED) is 0.804. The monoisotopic (exact) mass is 226 g/mol. The van der Waals surface area contributed by atoms with Crippen LogP contribution in [0.4, 0.5) is 5.95 Å². The predicted molar refractivity (Wildman–Crippen MR) is 63.7 cm³/mol. The van der Waals surface area contributed by atoms with Crippen molar-refractivity contribution in [2.75, 3.05) is 11.4 Å². The molecule has 0 radical (unpaired) electrons. The average Bonchev–Trinajstić information content (AvgIpc) is 2.76. The van der Waals surface area contributed by atoms with Gasteiger partial charge in [-0.25, -0.2) is 5.10 Å². The van der Waals surface area contributed by atoms with Crippen LogP contribution in [0.15, 0.2) is 0 Å². The summed E-state index contributed by atoms with van der Waals surface area (Å²) in [6.45, 7) is 6.46. The van der Waals surface area contributed by atoms with Crippen LogP contribution >= 0.6 is 12.2 Å². The number of aromatic amines is 1. The van der Waals surface area contributed by atoms with E-state index in [-0.39, 0.29) is 0 Å². The van der Waals surface area contributed by atoms with Gasteiger partial charge in [-0.1, -0.05) is 6.92 Å². The highest BCUT2D eigenvalue weighted by atomic mass is 32.1. The fourth-order valence-electron chi connectivity index (χ4n) is 2.18. The molecule has 2 rings (SSSR count). The molecule has 0 saturated carbocycles. The molecular formula is C10H18N4S. The van der Waals surface area contributed by atoms with Crippen LogP contribution in [0.1, 0.15) is 33.1 Å². The van der Waals surface area contributed by atoms with Crippen LogP contribution in [0, 0.1) is 4.77 Å². The van der Waals surface area contributed by atoms with Crippen molar-refractivity contribution < 1.29 is 0 Å². The molecule has 0 aliphatic carbocycles. The minimum atomic E-state index is 0.589. The fourth-order valence-corrected chi connectivity index (χ4v) is 2.40. The molecule has 1 aromatic heterocycles. The topological polar surface area (TPSA) is 36.9 Å². The maximum absolute atomic E-state index is 5.23. The second-order valence-corrected chi connectivity index (χ2v) is 4.55. The second kappa shape index (κ2) is 4.35. The zero-order valence-electron chi connectivity index (χ0n) is 9.36. The zero-order valence-corrected chi connectivity index (χ0v) is 10.2. The van der Waals surface area contributed by atoms with Crippen molar-refractivity contribution in [1.29, 1.82) is 0 Å². The van der Waals surface area contributed by atoms with Crippen LogP contribution in [-0.2, 0) is 6.54 Å². The van der Waals surface area contributed by atoms with Crippen molar-refractivity contribution in [1.82, 2.24) is 14.8 Å². The van der Waals surface area contributed by atoms with E-state index in [1.165, 1.54) is 12.8 Å². The first-order valence-corrected chi connectivity index (χ1v) is 6.06. The van der Waals surface area contributed by atoms with Crippen molar-refractivity contribution in [3.8, 4) is 0 Å². The van der Waals surface area contributed by atoms with Gasteiger partial charge in [0, 0.05) is 19.1 Å². The van der Waals surface area contributed by atoms with Crippen molar-refractivity contribution in [2.24, 2.45) is 0 Å². The number of anilines is 1. The summed E-state index contributed by atoms with van der Waals surface area (Å²) in [5, 5.41) is 7.23. The molecule has 0 bridgehead atoms. The van der Waals surface area contributed by atoms with E-state index in [1.807, 2.05) is 0 Å². The Hall–Kier alpha value is -0.840. The average molecular weight is 226 g/mol. The molecule has 1 aliphatic heterocycles. The molecule has 4 nitrogen and oxygen atoms in total. The molecular weight excluding hydrogens is 208 g/mol. The summed E-state index contributed by atoms with van der Waals surface area (Å²) >= 11 is 5.23. The normalized spacial score (nSPS) is 21.2. The lowest BCUT2D eigenvalue weighted by molar-refractivity contribution is 0.633. The van der Waals surface area contributed by atoms with E-state index in [4.69, 9.17) is 12.2 Å². The summed E-state index contributed by atoms with van der Waals surface area (Å²) < 4.78 is 2.85. The maximum Gasteiger partial charge on any atom is 0.225 e. The number of nitrogens with zero attached hydrogens (tertiary/aromatic N) is 3. The van der Waals surface area contributed by atoms with Gasteiger partial charge in [-0.3, -0.25) is 4.57 Å². The molecule has 15 heavy (non-hydrogen) atoms. The van der Waals surface area contributed by atoms with E-state index in [2.05, 4.69) is 33.5 Å². The summed E-state index contributed by atoms with van der Waals surface area (Å²) in [5.74, 6) is 1.02. The summed E-state index contributed by atoms with van der Waals surface area (Å²) in [7, 11) is 0. The number of H-pyrrole nitrogens is 1. The van der Waals surface area contributed by atoms with Crippen molar-refractivity contribution in [3.63, 3.8) is 0 Å². The van der Waals surface area contributed by atoms with Crippen molar-refractivity contribution in [3.05, 3.63) is 4.77 Å². The first kappa shape index (κ1) is 10.7. The van der Waals surface area contributed by atoms with Gasteiger partial charge in [0.1, 0.15) is 0 Å². The lowest BCUT2D eigenvalue weighted by Crippen LogP contribution is -2.29. The Kier molecular flexibility index (Phi) is 3.09. The molecule has 1 atom stereocenters. The molecule has 0 amide bonds. The number of hydrogen-bond donors (Lipinski definition) is 1. The second-order valence-electron chi connectivity index (χ2n) is 4.17. The number of rotatable bonds is 3. The molecule has 1 fully saturated rings. The van der Waals surface area contributed by atoms with Crippen LogP contribution in [0.2, 0.25) is 0 Å². The van der Waals surface area contributed by atoms with Crippen LogP contribution in [0.25, 0.3) is 0 Å². The van der Waals surface area contributed by atoms with Crippen molar-refractivity contribution >= 4 is 18.2 Å². The third kappa shape index (κ3) is 1.93. The molecule has 1 aliphatic rings. The molecule has 0 aromatic carbocycles. The van der Waals surface area contributed by atoms with Crippen LogP contribution in [0.5, 0.6) is 0 Å². The van der Waals surface area contributed by atoms with E-state index in [0.717, 1.165) is 30.2 Å². The Morgan fingerprint density at radius 2 is 2.40 bits per heavy atom. The van der Waals surface area contributed by atoms with Crippen LogP contribution < -0.4 is 4.90 Å². The zero-order chi connectivity index (χ0) is 10.8. The molecule has 2 heterocycles. The van der Waals surface area contributed by atoms with Crippen LogP contribution in [0.3, 0.4) is 0 Å². The Morgan fingerprint density at radius 3 is 3.00 bits per heavy atom. The highest BCUT2D eigenvalue weighted by molar-refractivity contribution is 7.71. The minimum absolute atomic E-state index is 0.589. The van der Waals surface area contributed by atoms with Gasteiger partial charge in [0.2, 0.25) is 5.95 Å². The van der Waals surface area contributed by atoms with Gasteiger partial charge in [0.25, 0.3) is 0 Å². The maximum atomic E-state index is 5.23. The highest BCUT2D eigenvalue weighted by Gasteiger charge is 2.24. The van der Waals surface area contributed by atoms with Crippen LogP contribution in [-0.4, -0.2) is 27.4 Å². The molecule has 1 N–H and O–H groups in total. The fraction of sp³-hybridized carbons (Fsp3) is 0.800. The molecule has 1 unspecified atom stereocenters. The summed E-state index contributed by atoms with van der Waals surface area (Å²) in [6, 6.07) is 0.589. The number of hydrogen-bond acceptors (Lipinski definition) is 3. The largest absolute Gasteiger partial charge is 0.338 e. The van der Waals surface area contributed by atoms with Gasteiger partial charge in [-0.15, -0.1) is 5.10 Å². The third-order valence-electron chi connectivity index (χ3n) is 3.00. The Morgan fingerprint density at radius 1 is 1.60 bits per heavy atom. The van der Waals surface area contributed by atoms with E-state index < -0.39 is 0 Å². The van der Waals surface area contributed by atoms with E-state index in [1.54, 1.807) is 0 Å². The molecule has 1 saturated heterocycles. The lowest BCUT2D eigenvalue weighted by atomic mass is 10.2. The highest BCUT2D eigenvalue weighted by Crippen LogP contribution is 2.23. The first-order chi connectivity index (χ1) is 7.24. The minimum Gasteiger partial charge on any atom is -0.338 e. The van der Waals surface area contributed by atoms with Crippen molar-refractivity contribution in [2.45, 2.75) is 45.7 Å². The molecule has 5 heteroatoms. The molecule has 84 valence electrons. The van der Waals surface area contributed by atoms with Gasteiger partial charge >= 0.3 is 0 Å². The molecule has 1 aromatic rings. The number of aromatic nitrogens is 3. The lowest BCUT2D eigenvalue weighted by Gasteiger charge is -2.22. The molecule has 0 spiro atoms. The third-order valence-corrected chi connectivity index (χ3v) is 3.31. The van der Waals surface area contributed by atoms with E-state index >= 15 is 0 Å². The smallest absolute Gasteiger partial charge is 0.225 e. The SMILES string of the molecule is CCCn1c(N2CCCC2C)n[nH]c1=S. The van der Waals surface area contributed by atoms with E-state index in [0.29, 0.717) is 6.04 Å². The van der Waals surface area contributed by atoms with Gasteiger partial charge in [0.05, 0.1) is 0 Å². The number of nitrogens with one attached hydrogen (secondary N) is 1. The van der Waals surface area contributed by atoms with Gasteiger partial charge in [0.15, 0.2) is 4.77 Å². The Labute approximate surface area is 95.3 Å². The Balaban J connectivity index is 2.30.